The van der Waals surface area contributed by atoms with Crippen molar-refractivity contribution in [1.29, 1.82) is 0 Å². The molecule has 0 spiro atoms. The zero-order valence-electron chi connectivity index (χ0n) is 12.4. The summed E-state index contributed by atoms with van der Waals surface area (Å²) in [5, 5.41) is 0. The van der Waals surface area contributed by atoms with Gasteiger partial charge in [0.05, 0.1) is 25.2 Å². The number of nitrogens with zero attached hydrogens (tertiary/aromatic N) is 1. The number of anilines is 1. The number of hydrogen-bond acceptors (Lipinski definition) is 2. The minimum Gasteiger partial charge on any atom is -0.324 e. The van der Waals surface area contributed by atoms with E-state index in [0.29, 0.717) is 12.1 Å². The number of quaternary nitrogens is 1. The van der Waals surface area contributed by atoms with Crippen LogP contribution >= 0.6 is 31.9 Å². The molecule has 1 N–H and O–H groups in total. The third-order valence-electron chi connectivity index (χ3n) is 4.71. The van der Waals surface area contributed by atoms with Crippen molar-refractivity contribution in [3.8, 4) is 0 Å². The van der Waals surface area contributed by atoms with Crippen molar-refractivity contribution in [2.75, 3.05) is 18.0 Å². The lowest BCUT2D eigenvalue weighted by molar-refractivity contribution is -0.920. The van der Waals surface area contributed by atoms with E-state index in [1.165, 1.54) is 9.80 Å². The van der Waals surface area contributed by atoms with Gasteiger partial charge >= 0.3 is 0 Å². The molecule has 2 aliphatic heterocycles. The van der Waals surface area contributed by atoms with Crippen molar-refractivity contribution in [2.24, 2.45) is 5.92 Å². The van der Waals surface area contributed by atoms with E-state index in [-0.39, 0.29) is 17.9 Å². The van der Waals surface area contributed by atoms with E-state index in [9.17, 15) is 9.59 Å². The predicted octanol–water partition coefficient (Wildman–Crippen LogP) is 2.16. The molecular formula is C16H19Br2N2O2+. The number of rotatable bonds is 2. The lowest BCUT2D eigenvalue weighted by Crippen LogP contribution is -3.17. The molecule has 0 bridgehead atoms. The highest BCUT2D eigenvalue weighted by molar-refractivity contribution is 9.11. The van der Waals surface area contributed by atoms with Gasteiger partial charge in [-0.05, 0) is 52.9 Å². The van der Waals surface area contributed by atoms with E-state index in [0.717, 1.165) is 40.8 Å². The summed E-state index contributed by atoms with van der Waals surface area (Å²) in [4.78, 5) is 27.8. The highest BCUT2D eigenvalue weighted by atomic mass is 79.9. The van der Waals surface area contributed by atoms with Crippen LogP contribution in [0.3, 0.4) is 0 Å². The molecule has 6 heteroatoms. The van der Waals surface area contributed by atoms with Crippen LogP contribution < -0.4 is 9.80 Å². The number of imide groups is 1. The Hall–Kier alpha value is -0.720. The van der Waals surface area contributed by atoms with Crippen LogP contribution in [-0.4, -0.2) is 30.9 Å². The summed E-state index contributed by atoms with van der Waals surface area (Å²) in [6.45, 7) is 4.23. The van der Waals surface area contributed by atoms with E-state index in [1.807, 2.05) is 12.1 Å². The Kier molecular flexibility index (Phi) is 4.71. The van der Waals surface area contributed by atoms with E-state index in [4.69, 9.17) is 0 Å². The Morgan fingerprint density at radius 2 is 1.86 bits per heavy atom. The number of carbonyl (C=O) groups is 2. The van der Waals surface area contributed by atoms with Gasteiger partial charge < -0.3 is 4.90 Å². The molecule has 1 aromatic carbocycles. The molecule has 2 aliphatic rings. The molecule has 0 aliphatic carbocycles. The molecule has 22 heavy (non-hydrogen) atoms. The zero-order chi connectivity index (χ0) is 15.9. The maximum absolute atomic E-state index is 12.8. The third-order valence-corrected chi connectivity index (χ3v) is 5.83. The number of piperidine rings is 1. The van der Waals surface area contributed by atoms with Crippen molar-refractivity contribution in [2.45, 2.75) is 32.2 Å². The summed E-state index contributed by atoms with van der Waals surface area (Å²) in [6.07, 6.45) is 2.59. The topological polar surface area (TPSA) is 41.8 Å². The van der Waals surface area contributed by atoms with Crippen LogP contribution in [0.1, 0.15) is 26.2 Å². The van der Waals surface area contributed by atoms with E-state index >= 15 is 0 Å². The highest BCUT2D eigenvalue weighted by Gasteiger charge is 2.46. The predicted molar refractivity (Wildman–Crippen MR) is 91.8 cm³/mol. The van der Waals surface area contributed by atoms with Gasteiger partial charge in [-0.15, -0.1) is 0 Å². The average Bonchev–Trinajstić information content (AvgIpc) is 2.76. The molecule has 2 amide bonds. The molecule has 0 radical (unpaired) electrons. The normalized spacial score (nSPS) is 29.2. The number of benzene rings is 1. The second-order valence-electron chi connectivity index (χ2n) is 6.26. The molecule has 2 heterocycles. The van der Waals surface area contributed by atoms with Gasteiger partial charge in [-0.25, -0.2) is 4.90 Å². The van der Waals surface area contributed by atoms with Gasteiger partial charge in [0, 0.05) is 8.95 Å². The first-order valence-electron chi connectivity index (χ1n) is 7.64. The smallest absolute Gasteiger partial charge is 0.292 e. The quantitative estimate of drug-likeness (QED) is 0.730. The van der Waals surface area contributed by atoms with Gasteiger partial charge in [0.2, 0.25) is 5.91 Å². The molecule has 1 aromatic rings. The largest absolute Gasteiger partial charge is 0.324 e. The molecule has 4 nitrogen and oxygen atoms in total. The van der Waals surface area contributed by atoms with Crippen molar-refractivity contribution < 1.29 is 14.5 Å². The SMILES string of the molecule is CC1CC[NH+]([C@H]2CC(=O)N(c3ccc(Br)cc3Br)C2=O)CC1. The van der Waals surface area contributed by atoms with E-state index in [2.05, 4.69) is 38.8 Å². The van der Waals surface area contributed by atoms with Crippen LogP contribution in [0.15, 0.2) is 27.1 Å². The van der Waals surface area contributed by atoms with Gasteiger partial charge in [0.15, 0.2) is 6.04 Å². The summed E-state index contributed by atoms with van der Waals surface area (Å²) < 4.78 is 1.67. The van der Waals surface area contributed by atoms with E-state index in [1.54, 1.807) is 6.07 Å². The second kappa shape index (κ2) is 6.42. The lowest BCUT2D eigenvalue weighted by atomic mass is 9.97. The molecule has 0 aromatic heterocycles. The number of nitrogens with one attached hydrogen (secondary N) is 1. The fourth-order valence-electron chi connectivity index (χ4n) is 3.35. The number of hydrogen-bond donors (Lipinski definition) is 1. The molecule has 2 fully saturated rings. The molecular weight excluding hydrogens is 412 g/mol. The maximum atomic E-state index is 12.8. The van der Waals surface area contributed by atoms with E-state index < -0.39 is 0 Å². The Bertz CT molecular complexity index is 612. The first-order valence-corrected chi connectivity index (χ1v) is 9.22. The summed E-state index contributed by atoms with van der Waals surface area (Å²) in [5.74, 6) is 0.578. The first-order chi connectivity index (χ1) is 10.5. The van der Waals surface area contributed by atoms with Crippen LogP contribution in [0.2, 0.25) is 0 Å². The number of halogens is 2. The molecule has 0 unspecified atom stereocenters. The minimum absolute atomic E-state index is 0.0578. The molecule has 118 valence electrons. The fourth-order valence-corrected chi connectivity index (χ4v) is 4.57. The van der Waals surface area contributed by atoms with Crippen LogP contribution in [0, 0.1) is 5.92 Å². The molecule has 1 atom stereocenters. The highest BCUT2D eigenvalue weighted by Crippen LogP contribution is 2.32. The number of carbonyl (C=O) groups excluding carboxylic acids is 2. The zero-order valence-corrected chi connectivity index (χ0v) is 15.6. The fraction of sp³-hybridized carbons (Fsp3) is 0.500. The number of amides is 2. The van der Waals surface area contributed by atoms with Crippen LogP contribution in [0.25, 0.3) is 0 Å². The summed E-state index contributed by atoms with van der Waals surface area (Å²) >= 11 is 6.85. The van der Waals surface area contributed by atoms with Gasteiger partial charge in [-0.1, -0.05) is 22.9 Å². The first kappa shape index (κ1) is 16.1. The van der Waals surface area contributed by atoms with Crippen molar-refractivity contribution in [3.05, 3.63) is 27.1 Å². The van der Waals surface area contributed by atoms with Crippen molar-refractivity contribution >= 4 is 49.4 Å². The standard InChI is InChI=1S/C16H18Br2N2O2/c1-10-4-6-19(7-5-10)14-9-15(21)20(16(14)22)13-3-2-11(17)8-12(13)18/h2-3,8,10,14H,4-7,9H2,1H3/p+1/t14-/m0/s1. The monoisotopic (exact) mass is 429 g/mol. The average molecular weight is 431 g/mol. The van der Waals surface area contributed by atoms with Crippen LogP contribution in [0.4, 0.5) is 5.69 Å². The summed E-state index contributed by atoms with van der Waals surface area (Å²) in [6, 6.07) is 5.30. The van der Waals surface area contributed by atoms with Gasteiger partial charge in [-0.2, -0.15) is 0 Å². The number of likely N-dealkylation sites (tertiary alicyclic amines) is 1. The third kappa shape index (κ3) is 3.01. The van der Waals surface area contributed by atoms with Crippen molar-refractivity contribution in [1.82, 2.24) is 0 Å². The molecule has 0 saturated carbocycles. The lowest BCUT2D eigenvalue weighted by Gasteiger charge is -2.30. The van der Waals surface area contributed by atoms with Gasteiger partial charge in [-0.3, -0.25) is 9.59 Å². The van der Waals surface area contributed by atoms with Gasteiger partial charge in [0.1, 0.15) is 0 Å². The molecule has 2 saturated heterocycles. The Morgan fingerprint density at radius 1 is 1.18 bits per heavy atom. The Balaban J connectivity index is 1.82. The van der Waals surface area contributed by atoms with Crippen LogP contribution in [-0.2, 0) is 9.59 Å². The van der Waals surface area contributed by atoms with Crippen LogP contribution in [0.5, 0.6) is 0 Å². The second-order valence-corrected chi connectivity index (χ2v) is 8.03. The summed E-state index contributed by atoms with van der Waals surface area (Å²) in [5.41, 5.74) is 0.644. The Labute approximate surface area is 147 Å². The van der Waals surface area contributed by atoms with Gasteiger partial charge in [0.25, 0.3) is 5.91 Å². The minimum atomic E-state index is -0.212. The maximum Gasteiger partial charge on any atom is 0.292 e. The molecule has 3 rings (SSSR count). The van der Waals surface area contributed by atoms with Crippen molar-refractivity contribution in [3.63, 3.8) is 0 Å². The Morgan fingerprint density at radius 3 is 2.50 bits per heavy atom. The summed E-state index contributed by atoms with van der Waals surface area (Å²) in [7, 11) is 0.